The molecule has 0 aromatic rings. The van der Waals surface area contributed by atoms with Crippen LogP contribution in [0.3, 0.4) is 0 Å². The fraction of sp³-hybridized carbons (Fsp3) is 0.833. The molecule has 0 aromatic heterocycles. The smallest absolute Gasteiger partial charge is 0.302 e. The highest BCUT2D eigenvalue weighted by Gasteiger charge is 2.29. The van der Waals surface area contributed by atoms with Gasteiger partial charge in [0.05, 0.1) is 6.10 Å². The van der Waals surface area contributed by atoms with Crippen LogP contribution in [0.5, 0.6) is 0 Å². The minimum Gasteiger partial charge on any atom is -0.463 e. The standard InChI is InChI=1S/C12H20O5/c1-8(17-9(2)13)4-5-10-6-12(15-3)16-7-11(10)14/h8,10,12H,4-7H2,1-3H3/t8?,10-,12+/m0/s1. The predicted molar refractivity (Wildman–Crippen MR) is 60.3 cm³/mol. The zero-order valence-electron chi connectivity index (χ0n) is 10.6. The van der Waals surface area contributed by atoms with E-state index in [1.165, 1.54) is 6.92 Å². The fourth-order valence-electron chi connectivity index (χ4n) is 1.95. The predicted octanol–water partition coefficient (Wildman–Crippen LogP) is 1.30. The molecule has 0 spiro atoms. The third kappa shape index (κ3) is 4.83. The van der Waals surface area contributed by atoms with Crippen LogP contribution < -0.4 is 0 Å². The number of carbonyl (C=O) groups is 2. The van der Waals surface area contributed by atoms with E-state index in [9.17, 15) is 9.59 Å². The Kier molecular flexibility index (Phi) is 5.58. The maximum absolute atomic E-state index is 11.6. The first kappa shape index (κ1) is 14.1. The zero-order chi connectivity index (χ0) is 12.8. The summed E-state index contributed by atoms with van der Waals surface area (Å²) in [5, 5.41) is 0. The van der Waals surface area contributed by atoms with Gasteiger partial charge in [0.25, 0.3) is 0 Å². The average Bonchev–Trinajstić information content (AvgIpc) is 2.27. The summed E-state index contributed by atoms with van der Waals surface area (Å²) in [4.78, 5) is 22.3. The summed E-state index contributed by atoms with van der Waals surface area (Å²) in [7, 11) is 1.57. The maximum Gasteiger partial charge on any atom is 0.302 e. The van der Waals surface area contributed by atoms with Crippen molar-refractivity contribution in [3.05, 3.63) is 0 Å². The van der Waals surface area contributed by atoms with Gasteiger partial charge >= 0.3 is 5.97 Å². The van der Waals surface area contributed by atoms with E-state index in [0.29, 0.717) is 19.3 Å². The monoisotopic (exact) mass is 244 g/mol. The summed E-state index contributed by atoms with van der Waals surface area (Å²) in [6, 6.07) is 0. The van der Waals surface area contributed by atoms with Gasteiger partial charge in [-0.1, -0.05) is 0 Å². The van der Waals surface area contributed by atoms with E-state index in [2.05, 4.69) is 0 Å². The summed E-state index contributed by atoms with van der Waals surface area (Å²) < 4.78 is 15.3. The molecule has 0 aliphatic carbocycles. The van der Waals surface area contributed by atoms with Gasteiger partial charge < -0.3 is 14.2 Å². The Morgan fingerprint density at radius 2 is 2.29 bits per heavy atom. The third-order valence-electron chi connectivity index (χ3n) is 2.90. The van der Waals surface area contributed by atoms with Crippen LogP contribution in [0.4, 0.5) is 0 Å². The molecule has 5 nitrogen and oxygen atoms in total. The summed E-state index contributed by atoms with van der Waals surface area (Å²) in [6.45, 7) is 3.33. The van der Waals surface area contributed by atoms with Crippen molar-refractivity contribution in [2.45, 2.75) is 45.5 Å². The Morgan fingerprint density at radius 1 is 1.59 bits per heavy atom. The largest absolute Gasteiger partial charge is 0.463 e. The molecule has 0 aromatic carbocycles. The van der Waals surface area contributed by atoms with Gasteiger partial charge in [-0.05, 0) is 19.8 Å². The van der Waals surface area contributed by atoms with Crippen LogP contribution in [-0.2, 0) is 23.8 Å². The topological polar surface area (TPSA) is 61.8 Å². The van der Waals surface area contributed by atoms with Crippen LogP contribution in [0, 0.1) is 5.92 Å². The number of ketones is 1. The van der Waals surface area contributed by atoms with E-state index in [1.807, 2.05) is 6.92 Å². The van der Waals surface area contributed by atoms with Gasteiger partial charge in [0.15, 0.2) is 12.1 Å². The van der Waals surface area contributed by atoms with E-state index in [1.54, 1.807) is 7.11 Å². The normalized spacial score (nSPS) is 26.6. The first-order chi connectivity index (χ1) is 8.02. The van der Waals surface area contributed by atoms with Gasteiger partial charge in [0.1, 0.15) is 6.61 Å². The molecule has 1 fully saturated rings. The molecule has 3 atom stereocenters. The highest BCUT2D eigenvalue weighted by molar-refractivity contribution is 5.82. The van der Waals surface area contributed by atoms with E-state index in [-0.39, 0.29) is 36.7 Å². The molecule has 0 radical (unpaired) electrons. The number of methoxy groups -OCH3 is 1. The lowest BCUT2D eigenvalue weighted by atomic mass is 9.92. The highest BCUT2D eigenvalue weighted by atomic mass is 16.7. The molecule has 0 N–H and O–H groups in total. The fourth-order valence-corrected chi connectivity index (χ4v) is 1.95. The summed E-state index contributed by atoms with van der Waals surface area (Å²) in [5.74, 6) is -0.231. The Bertz CT molecular complexity index is 276. The summed E-state index contributed by atoms with van der Waals surface area (Å²) in [6.07, 6.45) is 1.54. The van der Waals surface area contributed by atoms with Gasteiger partial charge in [-0.25, -0.2) is 0 Å². The second kappa shape index (κ2) is 6.71. The molecule has 1 rings (SSSR count). The molecule has 1 heterocycles. The van der Waals surface area contributed by atoms with Crippen molar-refractivity contribution in [2.75, 3.05) is 13.7 Å². The first-order valence-corrected chi connectivity index (χ1v) is 5.87. The number of ether oxygens (including phenoxy) is 3. The average molecular weight is 244 g/mol. The van der Waals surface area contributed by atoms with Crippen molar-refractivity contribution in [2.24, 2.45) is 5.92 Å². The molecule has 17 heavy (non-hydrogen) atoms. The molecule has 5 heteroatoms. The molecular formula is C12H20O5. The maximum atomic E-state index is 11.6. The van der Waals surface area contributed by atoms with Crippen LogP contribution >= 0.6 is 0 Å². The quantitative estimate of drug-likeness (QED) is 0.682. The van der Waals surface area contributed by atoms with Gasteiger partial charge in [0.2, 0.25) is 0 Å². The van der Waals surface area contributed by atoms with Crippen molar-refractivity contribution in [1.29, 1.82) is 0 Å². The summed E-state index contributed by atoms with van der Waals surface area (Å²) in [5.41, 5.74) is 0. The molecule has 0 bridgehead atoms. The van der Waals surface area contributed by atoms with Crippen LogP contribution in [0.2, 0.25) is 0 Å². The van der Waals surface area contributed by atoms with Gasteiger partial charge in [0, 0.05) is 26.4 Å². The molecule has 98 valence electrons. The molecule has 1 aliphatic heterocycles. The number of carbonyl (C=O) groups excluding carboxylic acids is 2. The second-order valence-corrected chi connectivity index (χ2v) is 4.37. The van der Waals surface area contributed by atoms with Crippen LogP contribution in [0.1, 0.15) is 33.1 Å². The Labute approximate surface area is 101 Å². The van der Waals surface area contributed by atoms with Crippen molar-refractivity contribution >= 4 is 11.8 Å². The lowest BCUT2D eigenvalue weighted by Crippen LogP contribution is -2.35. The van der Waals surface area contributed by atoms with Crippen LogP contribution in [0.25, 0.3) is 0 Å². The van der Waals surface area contributed by atoms with Crippen LogP contribution in [-0.4, -0.2) is 37.9 Å². The second-order valence-electron chi connectivity index (χ2n) is 4.37. The Morgan fingerprint density at radius 3 is 2.88 bits per heavy atom. The van der Waals surface area contributed by atoms with E-state index in [4.69, 9.17) is 14.2 Å². The molecule has 1 aliphatic rings. The van der Waals surface area contributed by atoms with Crippen molar-refractivity contribution in [3.8, 4) is 0 Å². The SMILES string of the molecule is CO[C@H]1C[C@H](CCC(C)OC(C)=O)C(=O)CO1. The summed E-state index contributed by atoms with van der Waals surface area (Å²) >= 11 is 0. The molecule has 1 unspecified atom stereocenters. The van der Waals surface area contributed by atoms with E-state index in [0.717, 1.165) is 0 Å². The third-order valence-corrected chi connectivity index (χ3v) is 2.90. The van der Waals surface area contributed by atoms with Crippen molar-refractivity contribution < 1.29 is 23.8 Å². The lowest BCUT2D eigenvalue weighted by molar-refractivity contribution is -0.173. The highest BCUT2D eigenvalue weighted by Crippen LogP contribution is 2.23. The number of rotatable bonds is 5. The Hall–Kier alpha value is -0.940. The van der Waals surface area contributed by atoms with Gasteiger partial charge in [-0.3, -0.25) is 9.59 Å². The number of hydrogen-bond acceptors (Lipinski definition) is 5. The lowest BCUT2D eigenvalue weighted by Gasteiger charge is -2.27. The van der Waals surface area contributed by atoms with Crippen molar-refractivity contribution in [3.63, 3.8) is 0 Å². The van der Waals surface area contributed by atoms with E-state index < -0.39 is 0 Å². The van der Waals surface area contributed by atoms with Crippen molar-refractivity contribution in [1.82, 2.24) is 0 Å². The number of Topliss-reactive ketones (excluding diaryl/α,β-unsaturated/α-hetero) is 1. The first-order valence-electron chi connectivity index (χ1n) is 5.87. The molecule has 0 amide bonds. The van der Waals surface area contributed by atoms with E-state index >= 15 is 0 Å². The zero-order valence-corrected chi connectivity index (χ0v) is 10.6. The van der Waals surface area contributed by atoms with Crippen LogP contribution in [0.15, 0.2) is 0 Å². The number of esters is 1. The minimum absolute atomic E-state index is 0.0493. The van der Waals surface area contributed by atoms with Gasteiger partial charge in [-0.2, -0.15) is 0 Å². The van der Waals surface area contributed by atoms with Gasteiger partial charge in [-0.15, -0.1) is 0 Å². The Balaban J connectivity index is 2.33. The molecule has 1 saturated heterocycles. The minimum atomic E-state index is -0.290. The molecular weight excluding hydrogens is 224 g/mol. The number of hydrogen-bond donors (Lipinski definition) is 0. The molecule has 0 saturated carbocycles.